The first kappa shape index (κ1) is 19.0. The maximum atomic E-state index is 13.4. The third kappa shape index (κ3) is 4.69. The zero-order valence-corrected chi connectivity index (χ0v) is 15.6. The van der Waals surface area contributed by atoms with Crippen LogP contribution in [0.15, 0.2) is 41.8 Å². The van der Waals surface area contributed by atoms with Crippen LogP contribution in [0.1, 0.15) is 35.7 Å². The van der Waals surface area contributed by atoms with Crippen molar-refractivity contribution in [1.82, 2.24) is 9.80 Å². The summed E-state index contributed by atoms with van der Waals surface area (Å²) in [6, 6.07) is 9.76. The molecule has 4 nitrogen and oxygen atoms in total. The molecule has 1 saturated heterocycles. The molecule has 26 heavy (non-hydrogen) atoms. The number of carbonyl (C=O) groups is 1. The van der Waals surface area contributed by atoms with Crippen molar-refractivity contribution in [3.8, 4) is 0 Å². The number of nitrogens with zero attached hydrogens (tertiary/aromatic N) is 2. The van der Waals surface area contributed by atoms with Crippen molar-refractivity contribution in [2.75, 3.05) is 26.2 Å². The first-order chi connectivity index (χ1) is 12.7. The standard InChI is InChI=1S/C20H25FN2O2S/c21-17-8-6-16(7-9-17)19(22-10-2-1-3-11-22)20(25)23(12-13-24)15-18-5-4-14-26-18/h4-9,14,19,24H,1-3,10-13,15H2. The van der Waals surface area contributed by atoms with E-state index >= 15 is 0 Å². The fourth-order valence-electron chi connectivity index (χ4n) is 3.48. The molecule has 0 saturated carbocycles. The van der Waals surface area contributed by atoms with Crippen molar-refractivity contribution in [3.05, 3.63) is 58.0 Å². The van der Waals surface area contributed by atoms with Gasteiger partial charge in [0, 0.05) is 11.4 Å². The highest BCUT2D eigenvalue weighted by molar-refractivity contribution is 7.09. The highest BCUT2D eigenvalue weighted by Gasteiger charge is 2.32. The van der Waals surface area contributed by atoms with Crippen molar-refractivity contribution < 1.29 is 14.3 Å². The van der Waals surface area contributed by atoms with Crippen LogP contribution in [0.2, 0.25) is 0 Å². The van der Waals surface area contributed by atoms with Crippen molar-refractivity contribution in [3.63, 3.8) is 0 Å². The molecule has 6 heteroatoms. The molecule has 1 aromatic heterocycles. The van der Waals surface area contributed by atoms with E-state index in [0.29, 0.717) is 13.1 Å². The summed E-state index contributed by atoms with van der Waals surface area (Å²) in [5.41, 5.74) is 0.812. The highest BCUT2D eigenvalue weighted by atomic mass is 32.1. The third-order valence-corrected chi connectivity index (χ3v) is 5.64. The lowest BCUT2D eigenvalue weighted by Crippen LogP contribution is -2.45. The number of amides is 1. The Kier molecular flexibility index (Phi) is 6.77. The van der Waals surface area contributed by atoms with Gasteiger partial charge in [-0.2, -0.15) is 0 Å². The normalized spacial score (nSPS) is 16.4. The second-order valence-electron chi connectivity index (χ2n) is 6.61. The minimum absolute atomic E-state index is 0.0269. The van der Waals surface area contributed by atoms with Gasteiger partial charge in [0.15, 0.2) is 0 Å². The molecule has 1 fully saturated rings. The van der Waals surface area contributed by atoms with Crippen LogP contribution < -0.4 is 0 Å². The van der Waals surface area contributed by atoms with Crippen LogP contribution in [0.4, 0.5) is 4.39 Å². The first-order valence-corrected chi connectivity index (χ1v) is 9.98. The fraction of sp³-hybridized carbons (Fsp3) is 0.450. The quantitative estimate of drug-likeness (QED) is 0.805. The van der Waals surface area contributed by atoms with Crippen LogP contribution in [0.5, 0.6) is 0 Å². The summed E-state index contributed by atoms with van der Waals surface area (Å²) in [4.78, 5) is 18.4. The van der Waals surface area contributed by atoms with Crippen LogP contribution in [0, 0.1) is 5.82 Å². The van der Waals surface area contributed by atoms with Crippen molar-refractivity contribution in [2.24, 2.45) is 0 Å². The molecule has 1 aliphatic rings. The smallest absolute Gasteiger partial charge is 0.244 e. The zero-order valence-electron chi connectivity index (χ0n) is 14.8. The van der Waals surface area contributed by atoms with Gasteiger partial charge >= 0.3 is 0 Å². The molecule has 1 atom stereocenters. The van der Waals surface area contributed by atoms with Crippen molar-refractivity contribution in [2.45, 2.75) is 31.8 Å². The molecule has 1 aliphatic heterocycles. The molecular formula is C20H25FN2O2S. The molecular weight excluding hydrogens is 351 g/mol. The number of likely N-dealkylation sites (tertiary alicyclic amines) is 1. The van der Waals surface area contributed by atoms with E-state index in [2.05, 4.69) is 4.90 Å². The minimum atomic E-state index is -0.428. The van der Waals surface area contributed by atoms with Crippen LogP contribution in [0.25, 0.3) is 0 Å². The number of aliphatic hydroxyl groups is 1. The van der Waals surface area contributed by atoms with Crippen LogP contribution in [-0.2, 0) is 11.3 Å². The van der Waals surface area contributed by atoms with Crippen molar-refractivity contribution in [1.29, 1.82) is 0 Å². The molecule has 0 radical (unpaired) electrons. The van der Waals surface area contributed by atoms with E-state index in [1.54, 1.807) is 28.4 Å². The molecule has 0 bridgehead atoms. The summed E-state index contributed by atoms with van der Waals surface area (Å²) >= 11 is 1.60. The van der Waals surface area contributed by atoms with E-state index in [1.165, 1.54) is 18.6 Å². The van der Waals surface area contributed by atoms with Crippen molar-refractivity contribution >= 4 is 17.2 Å². The van der Waals surface area contributed by atoms with Gasteiger partial charge in [-0.25, -0.2) is 4.39 Å². The van der Waals surface area contributed by atoms with E-state index in [1.807, 2.05) is 17.5 Å². The SMILES string of the molecule is O=C(C(c1ccc(F)cc1)N1CCCCC1)N(CCO)Cc1cccs1. The van der Waals surface area contributed by atoms with Gasteiger partial charge in [0.25, 0.3) is 0 Å². The molecule has 0 aliphatic carbocycles. The Balaban J connectivity index is 1.87. The maximum absolute atomic E-state index is 13.4. The van der Waals surface area contributed by atoms with Gasteiger partial charge in [-0.05, 0) is 55.1 Å². The molecule has 3 rings (SSSR count). The maximum Gasteiger partial charge on any atom is 0.244 e. The summed E-state index contributed by atoms with van der Waals surface area (Å²) in [6.45, 7) is 2.43. The Labute approximate surface area is 157 Å². The van der Waals surface area contributed by atoms with Crippen LogP contribution >= 0.6 is 11.3 Å². The van der Waals surface area contributed by atoms with E-state index in [-0.39, 0.29) is 18.3 Å². The number of rotatable bonds is 7. The lowest BCUT2D eigenvalue weighted by molar-refractivity contribution is -0.139. The van der Waals surface area contributed by atoms with E-state index in [9.17, 15) is 14.3 Å². The molecule has 1 amide bonds. The monoisotopic (exact) mass is 376 g/mol. The minimum Gasteiger partial charge on any atom is -0.395 e. The Bertz CT molecular complexity index is 684. The molecule has 2 aromatic rings. The van der Waals surface area contributed by atoms with Crippen LogP contribution in [0.3, 0.4) is 0 Å². The number of hydrogen-bond donors (Lipinski definition) is 1. The molecule has 0 spiro atoms. The topological polar surface area (TPSA) is 43.8 Å². The summed E-state index contributed by atoms with van der Waals surface area (Å²) in [5, 5.41) is 11.4. The van der Waals surface area contributed by atoms with Gasteiger partial charge in [0.2, 0.25) is 5.91 Å². The molecule has 140 valence electrons. The number of thiophene rings is 1. The second kappa shape index (κ2) is 9.26. The summed E-state index contributed by atoms with van der Waals surface area (Å²) in [5.74, 6) is -0.328. The van der Waals surface area contributed by atoms with Gasteiger partial charge < -0.3 is 10.0 Å². The fourth-order valence-corrected chi connectivity index (χ4v) is 4.20. The van der Waals surface area contributed by atoms with E-state index in [0.717, 1.165) is 36.4 Å². The lowest BCUT2D eigenvalue weighted by Gasteiger charge is -2.37. The predicted molar refractivity (Wildman–Crippen MR) is 101 cm³/mol. The van der Waals surface area contributed by atoms with E-state index < -0.39 is 6.04 Å². The number of hydrogen-bond acceptors (Lipinski definition) is 4. The third-order valence-electron chi connectivity index (χ3n) is 4.78. The van der Waals surface area contributed by atoms with E-state index in [4.69, 9.17) is 0 Å². The number of benzene rings is 1. The Hall–Kier alpha value is -1.76. The van der Waals surface area contributed by atoms with Gasteiger partial charge in [-0.1, -0.05) is 24.6 Å². The molecule has 1 aromatic carbocycles. The molecule has 1 unspecified atom stereocenters. The summed E-state index contributed by atoms with van der Waals surface area (Å²) in [7, 11) is 0. The van der Waals surface area contributed by atoms with Gasteiger partial charge in [-0.3, -0.25) is 9.69 Å². The van der Waals surface area contributed by atoms with Gasteiger partial charge in [0.05, 0.1) is 13.2 Å². The molecule has 1 N–H and O–H groups in total. The number of piperidine rings is 1. The number of carbonyl (C=O) groups excluding carboxylic acids is 1. The largest absolute Gasteiger partial charge is 0.395 e. The Morgan fingerprint density at radius 2 is 1.92 bits per heavy atom. The highest BCUT2D eigenvalue weighted by Crippen LogP contribution is 2.28. The zero-order chi connectivity index (χ0) is 18.4. The van der Waals surface area contributed by atoms with Gasteiger partial charge in [0.1, 0.15) is 11.9 Å². The second-order valence-corrected chi connectivity index (χ2v) is 7.65. The summed E-state index contributed by atoms with van der Waals surface area (Å²) in [6.07, 6.45) is 3.31. The Morgan fingerprint density at radius 1 is 1.19 bits per heavy atom. The Morgan fingerprint density at radius 3 is 2.54 bits per heavy atom. The average molecular weight is 376 g/mol. The predicted octanol–water partition coefficient (Wildman–Crippen LogP) is 3.44. The average Bonchev–Trinajstić information content (AvgIpc) is 3.17. The first-order valence-electron chi connectivity index (χ1n) is 9.10. The van der Waals surface area contributed by atoms with Gasteiger partial charge in [-0.15, -0.1) is 11.3 Å². The number of halogens is 1. The number of aliphatic hydroxyl groups excluding tert-OH is 1. The van der Waals surface area contributed by atoms with Crippen LogP contribution in [-0.4, -0.2) is 47.1 Å². The summed E-state index contributed by atoms with van der Waals surface area (Å²) < 4.78 is 13.4. The molecule has 2 heterocycles. The lowest BCUT2D eigenvalue weighted by atomic mass is 10.00.